The molecule has 0 saturated carbocycles. The van der Waals surface area contributed by atoms with Gasteiger partial charge in [-0.1, -0.05) is 26.1 Å². The van der Waals surface area contributed by atoms with Crippen molar-refractivity contribution in [3.8, 4) is 5.75 Å². The van der Waals surface area contributed by atoms with E-state index in [-0.39, 0.29) is 17.9 Å². The Labute approximate surface area is 124 Å². The van der Waals surface area contributed by atoms with Gasteiger partial charge in [-0.15, -0.1) is 0 Å². The number of thiocarbonyl (C=S) groups is 1. The van der Waals surface area contributed by atoms with Crippen LogP contribution in [0.3, 0.4) is 0 Å². The molecule has 2 rings (SSSR count). The monoisotopic (exact) mass is 292 g/mol. The molecule has 4 nitrogen and oxygen atoms in total. The highest BCUT2D eigenvalue weighted by Crippen LogP contribution is 2.28. The SMILES string of the molecule is CC1(C)CCN(C(=O)COc2ccc(C(N)=S)cc2)C1. The number of hydrogen-bond acceptors (Lipinski definition) is 3. The summed E-state index contributed by atoms with van der Waals surface area (Å²) in [5.74, 6) is 0.686. The Morgan fingerprint density at radius 1 is 1.40 bits per heavy atom. The molecule has 20 heavy (non-hydrogen) atoms. The van der Waals surface area contributed by atoms with Gasteiger partial charge in [0.15, 0.2) is 6.61 Å². The second-order valence-corrected chi connectivity index (χ2v) is 6.35. The van der Waals surface area contributed by atoms with Crippen molar-refractivity contribution < 1.29 is 9.53 Å². The van der Waals surface area contributed by atoms with E-state index < -0.39 is 0 Å². The minimum Gasteiger partial charge on any atom is -0.484 e. The van der Waals surface area contributed by atoms with Crippen molar-refractivity contribution in [3.05, 3.63) is 29.8 Å². The van der Waals surface area contributed by atoms with E-state index in [0.29, 0.717) is 10.7 Å². The van der Waals surface area contributed by atoms with E-state index in [1.165, 1.54) is 0 Å². The number of rotatable bonds is 4. The largest absolute Gasteiger partial charge is 0.484 e. The first-order valence-electron chi connectivity index (χ1n) is 6.68. The van der Waals surface area contributed by atoms with Crippen LogP contribution in [0.15, 0.2) is 24.3 Å². The minimum atomic E-state index is 0.0361. The highest BCUT2D eigenvalue weighted by atomic mass is 32.1. The maximum atomic E-state index is 12.0. The van der Waals surface area contributed by atoms with E-state index in [9.17, 15) is 4.79 Å². The number of nitrogens with two attached hydrogens (primary N) is 1. The standard InChI is InChI=1S/C15H20N2O2S/c1-15(2)7-8-17(10-15)13(18)9-19-12-5-3-11(4-6-12)14(16)20/h3-6H,7-10H2,1-2H3,(H2,16,20). The summed E-state index contributed by atoms with van der Waals surface area (Å²) in [5.41, 5.74) is 6.53. The normalized spacial score (nSPS) is 17.0. The molecule has 1 heterocycles. The highest BCUT2D eigenvalue weighted by molar-refractivity contribution is 7.80. The predicted octanol–water partition coefficient (Wildman–Crippen LogP) is 1.96. The molecular formula is C15H20N2O2S. The van der Waals surface area contributed by atoms with Gasteiger partial charge < -0.3 is 15.4 Å². The van der Waals surface area contributed by atoms with E-state index in [0.717, 1.165) is 25.1 Å². The number of likely N-dealkylation sites (tertiary alicyclic amines) is 1. The van der Waals surface area contributed by atoms with Gasteiger partial charge in [-0.3, -0.25) is 4.79 Å². The van der Waals surface area contributed by atoms with Crippen LogP contribution in [0, 0.1) is 5.41 Å². The van der Waals surface area contributed by atoms with Crippen molar-refractivity contribution in [1.29, 1.82) is 0 Å². The first kappa shape index (κ1) is 14.8. The van der Waals surface area contributed by atoms with Crippen molar-refractivity contribution in [2.45, 2.75) is 20.3 Å². The zero-order valence-corrected chi connectivity index (χ0v) is 12.7. The number of amides is 1. The third-order valence-electron chi connectivity index (χ3n) is 3.53. The molecule has 5 heteroatoms. The lowest BCUT2D eigenvalue weighted by Gasteiger charge is -2.19. The van der Waals surface area contributed by atoms with Crippen molar-refractivity contribution >= 4 is 23.1 Å². The van der Waals surface area contributed by atoms with Gasteiger partial charge in [0.25, 0.3) is 5.91 Å². The molecule has 0 spiro atoms. The number of carbonyl (C=O) groups excluding carboxylic acids is 1. The summed E-state index contributed by atoms with van der Waals surface area (Å²) in [4.78, 5) is 14.3. The zero-order valence-electron chi connectivity index (χ0n) is 11.9. The van der Waals surface area contributed by atoms with Crippen molar-refractivity contribution in [1.82, 2.24) is 4.90 Å². The van der Waals surface area contributed by atoms with Gasteiger partial charge in [-0.05, 0) is 36.1 Å². The van der Waals surface area contributed by atoms with Crippen LogP contribution < -0.4 is 10.5 Å². The molecule has 1 fully saturated rings. The van der Waals surface area contributed by atoms with Gasteiger partial charge in [0.1, 0.15) is 10.7 Å². The van der Waals surface area contributed by atoms with Crippen molar-refractivity contribution in [2.24, 2.45) is 11.1 Å². The highest BCUT2D eigenvalue weighted by Gasteiger charge is 2.31. The molecule has 1 saturated heterocycles. The number of carbonyl (C=O) groups is 1. The lowest BCUT2D eigenvalue weighted by atomic mass is 9.93. The fourth-order valence-electron chi connectivity index (χ4n) is 2.28. The first-order valence-corrected chi connectivity index (χ1v) is 7.09. The molecule has 0 aromatic heterocycles. The van der Waals surface area contributed by atoms with Crippen LogP contribution in [0.5, 0.6) is 5.75 Å². The third-order valence-corrected chi connectivity index (χ3v) is 3.77. The Hall–Kier alpha value is -1.62. The molecule has 1 amide bonds. The summed E-state index contributed by atoms with van der Waals surface area (Å²) in [5, 5.41) is 0. The second-order valence-electron chi connectivity index (χ2n) is 5.91. The molecular weight excluding hydrogens is 272 g/mol. The van der Waals surface area contributed by atoms with E-state index in [1.54, 1.807) is 24.3 Å². The smallest absolute Gasteiger partial charge is 0.260 e. The van der Waals surface area contributed by atoms with Crippen LogP contribution >= 0.6 is 12.2 Å². The van der Waals surface area contributed by atoms with E-state index >= 15 is 0 Å². The Balaban J connectivity index is 1.86. The van der Waals surface area contributed by atoms with E-state index in [1.807, 2.05) is 4.90 Å². The Morgan fingerprint density at radius 3 is 2.55 bits per heavy atom. The maximum Gasteiger partial charge on any atom is 0.260 e. The molecule has 0 aliphatic carbocycles. The summed E-state index contributed by atoms with van der Waals surface area (Å²) in [7, 11) is 0. The number of benzene rings is 1. The quantitative estimate of drug-likeness (QED) is 0.862. The van der Waals surface area contributed by atoms with Crippen molar-refractivity contribution in [2.75, 3.05) is 19.7 Å². The van der Waals surface area contributed by atoms with Crippen molar-refractivity contribution in [3.63, 3.8) is 0 Å². The summed E-state index contributed by atoms with van der Waals surface area (Å²) in [6.07, 6.45) is 1.04. The topological polar surface area (TPSA) is 55.6 Å². The number of ether oxygens (including phenoxy) is 1. The third kappa shape index (κ3) is 3.70. The van der Waals surface area contributed by atoms with Crippen LogP contribution in [0.1, 0.15) is 25.8 Å². The summed E-state index contributed by atoms with van der Waals surface area (Å²) in [6.45, 7) is 6.04. The fourth-order valence-corrected chi connectivity index (χ4v) is 2.41. The fraction of sp³-hybridized carbons (Fsp3) is 0.467. The Morgan fingerprint density at radius 2 is 2.05 bits per heavy atom. The minimum absolute atomic E-state index is 0.0361. The van der Waals surface area contributed by atoms with Crippen LogP contribution in [-0.2, 0) is 4.79 Å². The summed E-state index contributed by atoms with van der Waals surface area (Å²) in [6, 6.07) is 7.13. The van der Waals surface area contributed by atoms with Gasteiger partial charge >= 0.3 is 0 Å². The lowest BCUT2D eigenvalue weighted by Crippen LogP contribution is -2.34. The summed E-state index contributed by atoms with van der Waals surface area (Å²) >= 11 is 4.88. The van der Waals surface area contributed by atoms with Crippen LogP contribution in [0.4, 0.5) is 0 Å². The molecule has 0 radical (unpaired) electrons. The van der Waals surface area contributed by atoms with Crippen LogP contribution in [-0.4, -0.2) is 35.5 Å². The Kier molecular flexibility index (Phi) is 4.28. The predicted molar refractivity (Wildman–Crippen MR) is 82.8 cm³/mol. The average Bonchev–Trinajstić information content (AvgIpc) is 2.77. The molecule has 0 atom stereocenters. The average molecular weight is 292 g/mol. The molecule has 0 unspecified atom stereocenters. The molecule has 0 bridgehead atoms. The van der Waals surface area contributed by atoms with E-state index in [2.05, 4.69) is 13.8 Å². The van der Waals surface area contributed by atoms with Gasteiger partial charge in [0.2, 0.25) is 0 Å². The number of nitrogens with zero attached hydrogens (tertiary/aromatic N) is 1. The Bertz CT molecular complexity index is 511. The van der Waals surface area contributed by atoms with Crippen LogP contribution in [0.25, 0.3) is 0 Å². The van der Waals surface area contributed by atoms with Gasteiger partial charge in [-0.25, -0.2) is 0 Å². The van der Waals surface area contributed by atoms with Gasteiger partial charge in [0.05, 0.1) is 0 Å². The van der Waals surface area contributed by atoms with E-state index in [4.69, 9.17) is 22.7 Å². The molecule has 1 aliphatic heterocycles. The number of hydrogen-bond donors (Lipinski definition) is 1. The van der Waals surface area contributed by atoms with Crippen LogP contribution in [0.2, 0.25) is 0 Å². The lowest BCUT2D eigenvalue weighted by molar-refractivity contribution is -0.132. The van der Waals surface area contributed by atoms with Gasteiger partial charge in [-0.2, -0.15) is 0 Å². The molecule has 1 aromatic carbocycles. The van der Waals surface area contributed by atoms with Gasteiger partial charge in [0, 0.05) is 18.7 Å². The first-order chi connectivity index (χ1) is 9.37. The zero-order chi connectivity index (χ0) is 14.8. The summed E-state index contributed by atoms with van der Waals surface area (Å²) < 4.78 is 5.51. The molecule has 1 aromatic rings. The molecule has 108 valence electrons. The molecule has 2 N–H and O–H groups in total. The molecule has 1 aliphatic rings. The maximum absolute atomic E-state index is 12.0. The second kappa shape index (κ2) is 5.79.